The first-order valence-corrected chi connectivity index (χ1v) is 10.2. The van der Waals surface area contributed by atoms with Crippen molar-refractivity contribution in [2.75, 3.05) is 19.0 Å². The molecule has 0 bridgehead atoms. The minimum Gasteiger partial charge on any atom is -0.497 e. The summed E-state index contributed by atoms with van der Waals surface area (Å²) in [6.07, 6.45) is 1.64. The molecule has 0 unspecified atom stereocenters. The molecule has 0 aliphatic heterocycles. The van der Waals surface area contributed by atoms with Crippen LogP contribution >= 0.6 is 0 Å². The molecule has 0 atom stereocenters. The van der Waals surface area contributed by atoms with Crippen molar-refractivity contribution < 1.29 is 22.7 Å². The van der Waals surface area contributed by atoms with E-state index in [9.17, 15) is 18.0 Å². The van der Waals surface area contributed by atoms with Crippen LogP contribution in [0.5, 0.6) is 5.75 Å². The highest BCUT2D eigenvalue weighted by molar-refractivity contribution is 7.90. The van der Waals surface area contributed by atoms with Gasteiger partial charge in [-0.1, -0.05) is 19.4 Å². The molecule has 0 aliphatic rings. The molecule has 3 N–H and O–H groups in total. The third kappa shape index (κ3) is 5.98. The Kier molecular flexibility index (Phi) is 7.39. The van der Waals surface area contributed by atoms with E-state index in [1.807, 2.05) is 11.6 Å². The van der Waals surface area contributed by atoms with E-state index in [1.165, 1.54) is 31.4 Å². The molecule has 0 spiro atoms. The lowest BCUT2D eigenvalue weighted by atomic mass is 10.2. The number of sulfonamides is 1. The highest BCUT2D eigenvalue weighted by Crippen LogP contribution is 2.17. The van der Waals surface area contributed by atoms with Gasteiger partial charge in [-0.15, -0.1) is 0 Å². The molecule has 0 heterocycles. The molecule has 9 heteroatoms. The summed E-state index contributed by atoms with van der Waals surface area (Å²) in [7, 11) is -2.49. The lowest BCUT2D eigenvalue weighted by Gasteiger charge is -2.10. The fourth-order valence-electron chi connectivity index (χ4n) is 2.28. The van der Waals surface area contributed by atoms with Gasteiger partial charge in [0.1, 0.15) is 5.75 Å². The molecule has 0 radical (unpaired) electrons. The highest BCUT2D eigenvalue weighted by atomic mass is 32.2. The average Bonchev–Trinajstić information content (AvgIpc) is 2.68. The van der Waals surface area contributed by atoms with E-state index in [0.29, 0.717) is 23.5 Å². The monoisotopic (exact) mass is 405 g/mol. The number of benzene rings is 2. The molecule has 0 saturated heterocycles. The van der Waals surface area contributed by atoms with Gasteiger partial charge in [-0.05, 0) is 48.9 Å². The van der Waals surface area contributed by atoms with E-state index in [4.69, 9.17) is 4.74 Å². The minimum absolute atomic E-state index is 0.0856. The number of unbranched alkanes of at least 4 members (excludes halogenated alkanes) is 1. The number of amides is 3. The van der Waals surface area contributed by atoms with Gasteiger partial charge in [0.05, 0.1) is 12.0 Å². The Labute approximate surface area is 164 Å². The molecule has 0 saturated carbocycles. The topological polar surface area (TPSA) is 114 Å². The van der Waals surface area contributed by atoms with Gasteiger partial charge in [0, 0.05) is 17.8 Å². The van der Waals surface area contributed by atoms with E-state index >= 15 is 0 Å². The van der Waals surface area contributed by atoms with Crippen LogP contribution in [0.15, 0.2) is 53.4 Å². The molecule has 0 aromatic heterocycles. The van der Waals surface area contributed by atoms with Crippen LogP contribution in [0.2, 0.25) is 0 Å². The molecule has 2 aromatic rings. The first-order valence-electron chi connectivity index (χ1n) is 8.72. The summed E-state index contributed by atoms with van der Waals surface area (Å²) in [5.74, 6) is 0.195. The van der Waals surface area contributed by atoms with Crippen molar-refractivity contribution in [1.29, 1.82) is 0 Å². The van der Waals surface area contributed by atoms with Crippen LogP contribution in [-0.2, 0) is 10.0 Å². The van der Waals surface area contributed by atoms with Crippen molar-refractivity contribution >= 4 is 27.6 Å². The normalized spacial score (nSPS) is 10.8. The van der Waals surface area contributed by atoms with Crippen molar-refractivity contribution in [2.45, 2.75) is 24.7 Å². The second-order valence-corrected chi connectivity index (χ2v) is 7.61. The Morgan fingerprint density at radius 3 is 2.43 bits per heavy atom. The summed E-state index contributed by atoms with van der Waals surface area (Å²) in [5, 5.41) is 5.15. The summed E-state index contributed by atoms with van der Waals surface area (Å²) in [6, 6.07) is 11.4. The number of hydrogen-bond acceptors (Lipinski definition) is 5. The van der Waals surface area contributed by atoms with Crippen LogP contribution < -0.4 is 20.1 Å². The summed E-state index contributed by atoms with van der Waals surface area (Å²) < 4.78 is 31.5. The van der Waals surface area contributed by atoms with Gasteiger partial charge in [0.25, 0.3) is 15.9 Å². The number of rotatable bonds is 8. The average molecular weight is 405 g/mol. The van der Waals surface area contributed by atoms with Crippen molar-refractivity contribution in [3.63, 3.8) is 0 Å². The maximum Gasteiger partial charge on any atom is 0.328 e. The second kappa shape index (κ2) is 9.75. The van der Waals surface area contributed by atoms with Crippen LogP contribution in [-0.4, -0.2) is 34.0 Å². The standard InChI is InChI=1S/C19H23N3O5S/c1-3-4-12-20-19(24)22-28(25,26)17-10-8-15(9-11-17)21-18(23)14-6-5-7-16(13-14)27-2/h5-11,13H,3-4,12H2,1-2H3,(H,21,23)(H2,20,22,24). The summed E-state index contributed by atoms with van der Waals surface area (Å²) in [4.78, 5) is 23.9. The highest BCUT2D eigenvalue weighted by Gasteiger charge is 2.17. The zero-order valence-electron chi connectivity index (χ0n) is 15.7. The molecule has 3 amide bonds. The SMILES string of the molecule is CCCCNC(=O)NS(=O)(=O)c1ccc(NC(=O)c2cccc(OC)c2)cc1. The number of nitrogens with one attached hydrogen (secondary N) is 3. The van der Waals surface area contributed by atoms with Crippen molar-refractivity contribution in [2.24, 2.45) is 0 Å². The lowest BCUT2D eigenvalue weighted by molar-refractivity contribution is 0.102. The van der Waals surface area contributed by atoms with Crippen LogP contribution in [0.4, 0.5) is 10.5 Å². The van der Waals surface area contributed by atoms with Gasteiger partial charge < -0.3 is 15.4 Å². The maximum atomic E-state index is 12.3. The van der Waals surface area contributed by atoms with Crippen LogP contribution in [0.3, 0.4) is 0 Å². The van der Waals surface area contributed by atoms with E-state index in [0.717, 1.165) is 12.8 Å². The van der Waals surface area contributed by atoms with Gasteiger partial charge in [-0.2, -0.15) is 0 Å². The fourth-order valence-corrected chi connectivity index (χ4v) is 3.21. The zero-order chi connectivity index (χ0) is 20.6. The molecular weight excluding hydrogens is 382 g/mol. The quantitative estimate of drug-likeness (QED) is 0.585. The summed E-state index contributed by atoms with van der Waals surface area (Å²) >= 11 is 0. The van der Waals surface area contributed by atoms with Gasteiger partial charge in [-0.25, -0.2) is 17.9 Å². The van der Waals surface area contributed by atoms with Crippen LogP contribution in [0.1, 0.15) is 30.1 Å². The Morgan fingerprint density at radius 1 is 1.07 bits per heavy atom. The van der Waals surface area contributed by atoms with Gasteiger partial charge in [0.2, 0.25) is 0 Å². The van der Waals surface area contributed by atoms with Gasteiger partial charge >= 0.3 is 6.03 Å². The Hall–Kier alpha value is -3.07. The Morgan fingerprint density at radius 2 is 1.79 bits per heavy atom. The number of ether oxygens (including phenoxy) is 1. The largest absolute Gasteiger partial charge is 0.497 e. The van der Waals surface area contributed by atoms with Gasteiger partial charge in [0.15, 0.2) is 0 Å². The third-order valence-electron chi connectivity index (χ3n) is 3.80. The molecule has 0 aliphatic carbocycles. The molecule has 8 nitrogen and oxygen atoms in total. The van der Waals surface area contributed by atoms with Crippen LogP contribution in [0.25, 0.3) is 0 Å². The van der Waals surface area contributed by atoms with Crippen LogP contribution in [0, 0.1) is 0 Å². The zero-order valence-corrected chi connectivity index (χ0v) is 16.5. The van der Waals surface area contributed by atoms with E-state index in [2.05, 4.69) is 10.6 Å². The molecule has 150 valence electrons. The molecule has 2 aromatic carbocycles. The summed E-state index contributed by atoms with van der Waals surface area (Å²) in [6.45, 7) is 2.36. The first kappa shape index (κ1) is 21.2. The van der Waals surface area contributed by atoms with Crippen molar-refractivity contribution in [3.8, 4) is 5.75 Å². The van der Waals surface area contributed by atoms with Crippen molar-refractivity contribution in [1.82, 2.24) is 10.0 Å². The number of urea groups is 1. The predicted octanol–water partition coefficient (Wildman–Crippen LogP) is 2.74. The molecular formula is C19H23N3O5S. The number of carbonyl (C=O) groups excluding carboxylic acids is 2. The van der Waals surface area contributed by atoms with Gasteiger partial charge in [-0.3, -0.25) is 4.79 Å². The fraction of sp³-hybridized carbons (Fsp3) is 0.263. The van der Waals surface area contributed by atoms with E-state index < -0.39 is 16.1 Å². The Balaban J connectivity index is 2.01. The number of methoxy groups -OCH3 is 1. The van der Waals surface area contributed by atoms with Crippen molar-refractivity contribution in [3.05, 3.63) is 54.1 Å². The Bertz CT molecular complexity index is 927. The lowest BCUT2D eigenvalue weighted by Crippen LogP contribution is -2.39. The van der Waals surface area contributed by atoms with E-state index in [-0.39, 0.29) is 10.8 Å². The molecule has 0 fully saturated rings. The molecule has 2 rings (SSSR count). The minimum atomic E-state index is -3.99. The smallest absolute Gasteiger partial charge is 0.328 e. The first-order chi connectivity index (χ1) is 13.4. The third-order valence-corrected chi connectivity index (χ3v) is 5.14. The second-order valence-electron chi connectivity index (χ2n) is 5.93. The molecule has 28 heavy (non-hydrogen) atoms. The van der Waals surface area contributed by atoms with E-state index in [1.54, 1.807) is 24.3 Å². The predicted molar refractivity (Wildman–Crippen MR) is 106 cm³/mol. The maximum absolute atomic E-state index is 12.3. The number of hydrogen-bond donors (Lipinski definition) is 3. The number of carbonyl (C=O) groups is 2. The number of anilines is 1. The summed E-state index contributed by atoms with van der Waals surface area (Å²) in [5.41, 5.74) is 0.820.